The summed E-state index contributed by atoms with van der Waals surface area (Å²) in [5.41, 5.74) is 2.61. The first kappa shape index (κ1) is 10.2. The lowest BCUT2D eigenvalue weighted by molar-refractivity contribution is 0.185. The fraction of sp³-hybridized carbons (Fsp3) is 0.385. The molecule has 0 bridgehead atoms. The lowest BCUT2D eigenvalue weighted by Gasteiger charge is -2.07. The molecule has 15 heavy (non-hydrogen) atoms. The number of aliphatic hydroxyl groups excluding tert-OH is 1. The Morgan fingerprint density at radius 2 is 2.13 bits per heavy atom. The molecule has 0 aliphatic heterocycles. The second kappa shape index (κ2) is 4.07. The van der Waals surface area contributed by atoms with Gasteiger partial charge in [0.1, 0.15) is 0 Å². The minimum atomic E-state index is -0.222. The Kier molecular flexibility index (Phi) is 2.78. The largest absolute Gasteiger partial charge is 0.393 e. The van der Waals surface area contributed by atoms with Crippen molar-refractivity contribution in [3.63, 3.8) is 0 Å². The zero-order valence-corrected chi connectivity index (χ0v) is 9.27. The fourth-order valence-electron chi connectivity index (χ4n) is 2.01. The Labute approximate surface area is 90.2 Å². The second-order valence-electron chi connectivity index (χ2n) is 4.17. The number of aryl methyl sites for hydroxylation is 2. The molecule has 80 valence electrons. The number of hydrogen-bond donors (Lipinski definition) is 1. The molecule has 1 aromatic heterocycles. The van der Waals surface area contributed by atoms with Crippen LogP contribution in [-0.2, 0) is 13.5 Å². The summed E-state index contributed by atoms with van der Waals surface area (Å²) >= 11 is 0. The summed E-state index contributed by atoms with van der Waals surface area (Å²) < 4.78 is 2.15. The number of para-hydroxylation sites is 1. The Morgan fingerprint density at radius 1 is 1.33 bits per heavy atom. The van der Waals surface area contributed by atoms with Crippen molar-refractivity contribution < 1.29 is 5.11 Å². The third-order valence-electron chi connectivity index (χ3n) is 2.81. The van der Waals surface area contributed by atoms with Gasteiger partial charge in [-0.1, -0.05) is 18.2 Å². The summed E-state index contributed by atoms with van der Waals surface area (Å²) in [6.07, 6.45) is 3.62. The van der Waals surface area contributed by atoms with E-state index < -0.39 is 0 Å². The summed E-state index contributed by atoms with van der Waals surface area (Å²) in [5.74, 6) is 0. The normalized spacial score (nSPS) is 13.3. The van der Waals surface area contributed by atoms with E-state index in [-0.39, 0.29) is 6.10 Å². The maximum Gasteiger partial charge on any atom is 0.0515 e. The van der Waals surface area contributed by atoms with E-state index in [4.69, 9.17) is 0 Å². The molecule has 0 spiro atoms. The third-order valence-corrected chi connectivity index (χ3v) is 2.81. The molecule has 0 unspecified atom stereocenters. The van der Waals surface area contributed by atoms with Crippen LogP contribution in [0.1, 0.15) is 18.9 Å². The van der Waals surface area contributed by atoms with E-state index >= 15 is 0 Å². The van der Waals surface area contributed by atoms with Crippen molar-refractivity contribution in [2.24, 2.45) is 7.05 Å². The third kappa shape index (κ3) is 2.05. The molecule has 1 N–H and O–H groups in total. The molecule has 0 saturated heterocycles. The number of fused-ring (bicyclic) bond motifs is 1. The Bertz CT molecular complexity index is 457. The highest BCUT2D eigenvalue weighted by molar-refractivity contribution is 5.83. The number of aromatic nitrogens is 1. The van der Waals surface area contributed by atoms with E-state index in [0.29, 0.717) is 0 Å². The molecule has 0 fully saturated rings. The lowest BCUT2D eigenvalue weighted by atomic mass is 10.0. The summed E-state index contributed by atoms with van der Waals surface area (Å²) in [5, 5.41) is 10.6. The Morgan fingerprint density at radius 3 is 2.87 bits per heavy atom. The number of nitrogens with zero attached hydrogens (tertiary/aromatic N) is 1. The van der Waals surface area contributed by atoms with Gasteiger partial charge in [0.15, 0.2) is 0 Å². The summed E-state index contributed by atoms with van der Waals surface area (Å²) in [4.78, 5) is 0. The van der Waals surface area contributed by atoms with Crippen LogP contribution in [0, 0.1) is 0 Å². The van der Waals surface area contributed by atoms with Crippen LogP contribution in [-0.4, -0.2) is 15.8 Å². The van der Waals surface area contributed by atoms with Gasteiger partial charge in [0.2, 0.25) is 0 Å². The van der Waals surface area contributed by atoms with E-state index in [2.05, 4.69) is 42.1 Å². The average Bonchev–Trinajstić information content (AvgIpc) is 2.58. The highest BCUT2D eigenvalue weighted by Crippen LogP contribution is 2.20. The predicted molar refractivity (Wildman–Crippen MR) is 62.9 cm³/mol. The summed E-state index contributed by atoms with van der Waals surface area (Å²) in [7, 11) is 2.06. The van der Waals surface area contributed by atoms with Crippen LogP contribution in [0.3, 0.4) is 0 Å². The van der Waals surface area contributed by atoms with Crippen molar-refractivity contribution in [3.8, 4) is 0 Å². The monoisotopic (exact) mass is 203 g/mol. The molecular weight excluding hydrogens is 186 g/mol. The quantitative estimate of drug-likeness (QED) is 0.814. The van der Waals surface area contributed by atoms with Crippen LogP contribution in [0.25, 0.3) is 10.9 Å². The molecule has 1 aromatic carbocycles. The van der Waals surface area contributed by atoms with Gasteiger partial charge in [-0.15, -0.1) is 0 Å². The van der Waals surface area contributed by atoms with Crippen molar-refractivity contribution >= 4 is 10.9 Å². The number of rotatable bonds is 3. The molecule has 0 radical (unpaired) electrons. The minimum Gasteiger partial charge on any atom is -0.393 e. The number of hydrogen-bond acceptors (Lipinski definition) is 1. The van der Waals surface area contributed by atoms with Crippen LogP contribution < -0.4 is 0 Å². The molecular formula is C13H17NO. The Balaban J connectivity index is 2.37. The first-order valence-electron chi connectivity index (χ1n) is 5.39. The lowest BCUT2D eigenvalue weighted by Crippen LogP contribution is -2.02. The maximum atomic E-state index is 9.30. The van der Waals surface area contributed by atoms with Gasteiger partial charge in [0.25, 0.3) is 0 Å². The van der Waals surface area contributed by atoms with Crippen LogP contribution in [0.4, 0.5) is 0 Å². The van der Waals surface area contributed by atoms with Crippen LogP contribution in [0.5, 0.6) is 0 Å². The van der Waals surface area contributed by atoms with Gasteiger partial charge in [-0.2, -0.15) is 0 Å². The highest BCUT2D eigenvalue weighted by atomic mass is 16.3. The van der Waals surface area contributed by atoms with E-state index in [0.717, 1.165) is 12.8 Å². The zero-order chi connectivity index (χ0) is 10.8. The summed E-state index contributed by atoms with van der Waals surface area (Å²) in [6, 6.07) is 8.48. The van der Waals surface area contributed by atoms with E-state index in [1.807, 2.05) is 6.92 Å². The first-order chi connectivity index (χ1) is 7.18. The predicted octanol–water partition coefficient (Wildman–Crippen LogP) is 2.49. The van der Waals surface area contributed by atoms with Gasteiger partial charge in [0.05, 0.1) is 11.6 Å². The van der Waals surface area contributed by atoms with Crippen molar-refractivity contribution in [2.75, 3.05) is 0 Å². The van der Waals surface area contributed by atoms with E-state index in [1.54, 1.807) is 0 Å². The van der Waals surface area contributed by atoms with E-state index in [1.165, 1.54) is 16.5 Å². The minimum absolute atomic E-state index is 0.222. The van der Waals surface area contributed by atoms with Crippen molar-refractivity contribution in [1.29, 1.82) is 0 Å². The van der Waals surface area contributed by atoms with Gasteiger partial charge < -0.3 is 9.67 Å². The molecule has 1 heterocycles. The molecule has 0 aliphatic carbocycles. The van der Waals surface area contributed by atoms with Gasteiger partial charge in [0, 0.05) is 13.2 Å². The molecule has 2 heteroatoms. The zero-order valence-electron chi connectivity index (χ0n) is 9.27. The molecule has 0 aliphatic rings. The number of aliphatic hydroxyl groups is 1. The van der Waals surface area contributed by atoms with Crippen molar-refractivity contribution in [1.82, 2.24) is 4.57 Å². The molecule has 2 aromatic rings. The fourth-order valence-corrected chi connectivity index (χ4v) is 2.01. The van der Waals surface area contributed by atoms with Crippen LogP contribution in [0.15, 0.2) is 30.5 Å². The van der Waals surface area contributed by atoms with Crippen molar-refractivity contribution in [3.05, 3.63) is 36.0 Å². The van der Waals surface area contributed by atoms with Gasteiger partial charge in [-0.3, -0.25) is 0 Å². The molecule has 2 rings (SSSR count). The summed E-state index contributed by atoms with van der Waals surface area (Å²) in [6.45, 7) is 1.84. The topological polar surface area (TPSA) is 25.2 Å². The molecule has 2 nitrogen and oxygen atoms in total. The SMILES string of the molecule is C[C@@H](O)CCc1cccc2ccn(C)c12. The van der Waals surface area contributed by atoms with Crippen LogP contribution in [0.2, 0.25) is 0 Å². The van der Waals surface area contributed by atoms with Crippen molar-refractivity contribution in [2.45, 2.75) is 25.9 Å². The maximum absolute atomic E-state index is 9.30. The number of benzene rings is 1. The van der Waals surface area contributed by atoms with E-state index in [9.17, 15) is 5.11 Å². The second-order valence-corrected chi connectivity index (χ2v) is 4.17. The first-order valence-corrected chi connectivity index (χ1v) is 5.39. The smallest absolute Gasteiger partial charge is 0.0515 e. The average molecular weight is 203 g/mol. The standard InChI is InChI=1S/C13H17NO/c1-10(15)6-7-11-4-3-5-12-8-9-14(2)13(11)12/h3-5,8-10,15H,6-7H2,1-2H3/t10-/m1/s1. The van der Waals surface area contributed by atoms with Gasteiger partial charge in [-0.05, 0) is 36.8 Å². The molecule has 0 saturated carbocycles. The van der Waals surface area contributed by atoms with Crippen LogP contribution >= 0.6 is 0 Å². The highest BCUT2D eigenvalue weighted by Gasteiger charge is 2.05. The molecule has 0 amide bonds. The van der Waals surface area contributed by atoms with Gasteiger partial charge in [-0.25, -0.2) is 0 Å². The Hall–Kier alpha value is -1.28. The van der Waals surface area contributed by atoms with Gasteiger partial charge >= 0.3 is 0 Å². The molecule has 1 atom stereocenters.